The number of benzene rings is 3. The maximum Gasteiger partial charge on any atom is 0.0915 e. The van der Waals surface area contributed by atoms with Crippen LogP contribution in [0.5, 0.6) is 0 Å². The molecule has 0 spiro atoms. The molecule has 0 fully saturated rings. The van der Waals surface area contributed by atoms with Crippen LogP contribution in [0.1, 0.15) is 0 Å². The predicted molar refractivity (Wildman–Crippen MR) is 158 cm³/mol. The first-order chi connectivity index (χ1) is 18.8. The number of nitrogens with zero attached hydrogens (tertiary/aromatic N) is 4. The lowest BCUT2D eigenvalue weighted by Gasteiger charge is -2.12. The number of hydrogen-bond donors (Lipinski definition) is 0. The molecule has 4 nitrogen and oxygen atoms in total. The van der Waals surface area contributed by atoms with Crippen LogP contribution in [0, 0.1) is 0 Å². The van der Waals surface area contributed by atoms with Crippen LogP contribution in [0.15, 0.2) is 122 Å². The van der Waals surface area contributed by atoms with E-state index in [4.69, 9.17) is 4.98 Å². The van der Waals surface area contributed by atoms with E-state index >= 15 is 0 Å². The molecule has 0 saturated carbocycles. The molecule has 5 heteroatoms. The van der Waals surface area contributed by atoms with E-state index in [0.29, 0.717) is 0 Å². The number of para-hydroxylation sites is 1. The highest BCUT2D eigenvalue weighted by Crippen LogP contribution is 2.43. The molecule has 0 unspecified atom stereocenters. The van der Waals surface area contributed by atoms with Gasteiger partial charge in [0.05, 0.1) is 39.5 Å². The molecule has 0 aliphatic rings. The topological polar surface area (TPSA) is 43.6 Å². The van der Waals surface area contributed by atoms with Crippen molar-refractivity contribution in [1.29, 1.82) is 0 Å². The quantitative estimate of drug-likeness (QED) is 0.242. The predicted octanol–water partition coefficient (Wildman–Crippen LogP) is 8.67. The molecule has 5 aromatic heterocycles. The fourth-order valence-electron chi connectivity index (χ4n) is 5.45. The summed E-state index contributed by atoms with van der Waals surface area (Å²) >= 11 is 1.87. The maximum absolute atomic E-state index is 4.99. The first-order valence-corrected chi connectivity index (χ1v) is 13.4. The van der Waals surface area contributed by atoms with Crippen LogP contribution in [0.25, 0.3) is 70.4 Å². The zero-order valence-corrected chi connectivity index (χ0v) is 21.1. The van der Waals surface area contributed by atoms with Gasteiger partial charge in [-0.25, -0.2) is 4.98 Å². The van der Waals surface area contributed by atoms with Gasteiger partial charge in [0.2, 0.25) is 0 Å². The van der Waals surface area contributed by atoms with Gasteiger partial charge < -0.3 is 4.57 Å². The smallest absolute Gasteiger partial charge is 0.0915 e. The summed E-state index contributed by atoms with van der Waals surface area (Å²) in [5.74, 6) is 0. The van der Waals surface area contributed by atoms with Crippen LogP contribution in [0.4, 0.5) is 0 Å². The highest BCUT2D eigenvalue weighted by molar-refractivity contribution is 7.26. The van der Waals surface area contributed by atoms with Gasteiger partial charge in [-0.3, -0.25) is 9.97 Å². The summed E-state index contributed by atoms with van der Waals surface area (Å²) in [6, 6.07) is 38.0. The van der Waals surface area contributed by atoms with Gasteiger partial charge in [0.1, 0.15) is 0 Å². The zero-order valence-electron chi connectivity index (χ0n) is 20.2. The Morgan fingerprint density at radius 1 is 0.526 bits per heavy atom. The van der Waals surface area contributed by atoms with Crippen LogP contribution in [-0.4, -0.2) is 19.5 Å². The Bertz CT molecular complexity index is 2070. The molecule has 0 amide bonds. The highest BCUT2D eigenvalue weighted by Gasteiger charge is 2.19. The van der Waals surface area contributed by atoms with Crippen molar-refractivity contribution in [3.8, 4) is 28.5 Å². The molecule has 5 heterocycles. The van der Waals surface area contributed by atoms with Gasteiger partial charge in [-0.2, -0.15) is 0 Å². The second-order valence-corrected chi connectivity index (χ2v) is 10.4. The Labute approximate surface area is 222 Å². The van der Waals surface area contributed by atoms with Crippen molar-refractivity contribution in [3.05, 3.63) is 122 Å². The molecule has 0 aliphatic heterocycles. The standard InChI is InChI=1S/C33H20N4S/c1-3-13-29-24(10-1)32-30(16-15-23-22-9-2-4-14-31(22)38-33(23)32)37(29)21-19-27(25-11-5-7-17-34-25)36-28(20-21)26-12-6-8-18-35-26/h1-20H. The minimum atomic E-state index is 0.817. The zero-order chi connectivity index (χ0) is 25.1. The molecular weight excluding hydrogens is 484 g/mol. The molecule has 0 radical (unpaired) electrons. The second-order valence-electron chi connectivity index (χ2n) is 9.31. The van der Waals surface area contributed by atoms with Crippen molar-refractivity contribution in [2.75, 3.05) is 0 Å². The first kappa shape index (κ1) is 21.2. The fraction of sp³-hybridized carbons (Fsp3) is 0. The minimum Gasteiger partial charge on any atom is -0.309 e. The summed E-state index contributed by atoms with van der Waals surface area (Å²) < 4.78 is 4.99. The molecule has 0 atom stereocenters. The molecule has 0 saturated heterocycles. The average molecular weight is 505 g/mol. The van der Waals surface area contributed by atoms with E-state index in [0.717, 1.165) is 34.0 Å². The summed E-state index contributed by atoms with van der Waals surface area (Å²) in [5.41, 5.74) is 6.68. The Hall–Kier alpha value is -4.87. The van der Waals surface area contributed by atoms with E-state index in [9.17, 15) is 0 Å². The molecule has 178 valence electrons. The normalized spacial score (nSPS) is 11.7. The lowest BCUT2D eigenvalue weighted by molar-refractivity contribution is 1.14. The molecule has 8 aromatic rings. The Balaban J connectivity index is 1.49. The molecule has 38 heavy (non-hydrogen) atoms. The number of thiophene rings is 1. The third-order valence-electron chi connectivity index (χ3n) is 7.10. The number of rotatable bonds is 3. The summed E-state index contributed by atoms with van der Waals surface area (Å²) in [6.45, 7) is 0. The number of aromatic nitrogens is 4. The van der Waals surface area contributed by atoms with Crippen molar-refractivity contribution < 1.29 is 0 Å². The average Bonchev–Trinajstić information content (AvgIpc) is 3.53. The third kappa shape index (κ3) is 3.19. The van der Waals surface area contributed by atoms with Gasteiger partial charge in [0.25, 0.3) is 0 Å². The molecule has 0 N–H and O–H groups in total. The van der Waals surface area contributed by atoms with Gasteiger partial charge in [0.15, 0.2) is 0 Å². The van der Waals surface area contributed by atoms with Crippen LogP contribution >= 0.6 is 11.3 Å². The van der Waals surface area contributed by atoms with Crippen molar-refractivity contribution in [3.63, 3.8) is 0 Å². The van der Waals surface area contributed by atoms with Crippen LogP contribution < -0.4 is 0 Å². The van der Waals surface area contributed by atoms with Crippen LogP contribution in [0.2, 0.25) is 0 Å². The van der Waals surface area contributed by atoms with Crippen molar-refractivity contribution in [2.45, 2.75) is 0 Å². The van der Waals surface area contributed by atoms with Crippen LogP contribution in [0.3, 0.4) is 0 Å². The van der Waals surface area contributed by atoms with Gasteiger partial charge in [-0.1, -0.05) is 54.6 Å². The molecule has 0 aliphatic carbocycles. The lowest BCUT2D eigenvalue weighted by atomic mass is 10.1. The number of pyridine rings is 3. The SMILES string of the molecule is c1ccc(-c2cc(-n3c4ccccc4c4c5sc6ccccc6c5ccc43)cc(-c3ccccn3)n2)nc1. The van der Waals surface area contributed by atoms with Gasteiger partial charge in [-0.15, -0.1) is 11.3 Å². The van der Waals surface area contributed by atoms with Gasteiger partial charge in [-0.05, 0) is 54.6 Å². The highest BCUT2D eigenvalue weighted by atomic mass is 32.1. The van der Waals surface area contributed by atoms with E-state index < -0.39 is 0 Å². The summed E-state index contributed by atoms with van der Waals surface area (Å²) in [5, 5.41) is 5.15. The Morgan fingerprint density at radius 3 is 1.89 bits per heavy atom. The minimum absolute atomic E-state index is 0.817. The molecular formula is C33H20N4S. The van der Waals surface area contributed by atoms with E-state index in [2.05, 4.69) is 87.3 Å². The lowest BCUT2D eigenvalue weighted by Crippen LogP contribution is -1.99. The molecule has 8 rings (SSSR count). The van der Waals surface area contributed by atoms with Crippen molar-refractivity contribution in [1.82, 2.24) is 19.5 Å². The van der Waals surface area contributed by atoms with E-state index in [1.54, 1.807) is 0 Å². The third-order valence-corrected chi connectivity index (χ3v) is 8.31. The van der Waals surface area contributed by atoms with E-state index in [1.807, 2.05) is 60.1 Å². The monoisotopic (exact) mass is 504 g/mol. The van der Waals surface area contributed by atoms with Crippen LogP contribution in [-0.2, 0) is 0 Å². The van der Waals surface area contributed by atoms with Gasteiger partial charge >= 0.3 is 0 Å². The number of fused-ring (bicyclic) bond motifs is 7. The maximum atomic E-state index is 4.99. The summed E-state index contributed by atoms with van der Waals surface area (Å²) in [6.07, 6.45) is 3.62. The number of hydrogen-bond acceptors (Lipinski definition) is 4. The summed E-state index contributed by atoms with van der Waals surface area (Å²) in [7, 11) is 0. The van der Waals surface area contributed by atoms with E-state index in [-0.39, 0.29) is 0 Å². The molecule has 3 aromatic carbocycles. The second kappa shape index (κ2) is 8.33. The van der Waals surface area contributed by atoms with Crippen molar-refractivity contribution in [2.24, 2.45) is 0 Å². The van der Waals surface area contributed by atoms with E-state index in [1.165, 1.54) is 36.5 Å². The summed E-state index contributed by atoms with van der Waals surface area (Å²) in [4.78, 5) is 14.2. The fourth-order valence-corrected chi connectivity index (χ4v) is 6.71. The Kier molecular flexibility index (Phi) is 4.66. The largest absolute Gasteiger partial charge is 0.309 e. The van der Waals surface area contributed by atoms with Gasteiger partial charge in [0, 0.05) is 43.3 Å². The van der Waals surface area contributed by atoms with Crippen molar-refractivity contribution >= 4 is 53.3 Å². The molecule has 0 bridgehead atoms. The first-order valence-electron chi connectivity index (χ1n) is 12.5. The Morgan fingerprint density at radius 2 is 1.18 bits per heavy atom.